The molecule has 0 radical (unpaired) electrons. The van der Waals surface area contributed by atoms with Gasteiger partial charge in [0, 0.05) is 27.1 Å². The Morgan fingerprint density at radius 2 is 0.539 bits per heavy atom. The Kier molecular flexibility index (Phi) is 12.2. The van der Waals surface area contributed by atoms with E-state index in [1.807, 2.05) is 0 Å². The quantitative estimate of drug-likeness (QED) is 0.117. The molecule has 0 aliphatic rings. The van der Waals surface area contributed by atoms with Crippen LogP contribution in [0.3, 0.4) is 0 Å². The highest BCUT2D eigenvalue weighted by Crippen LogP contribution is 2.54. The van der Waals surface area contributed by atoms with E-state index in [9.17, 15) is 0 Å². The van der Waals surface area contributed by atoms with E-state index in [0.29, 0.717) is 0 Å². The van der Waals surface area contributed by atoms with E-state index < -0.39 is 0 Å². The fourth-order valence-corrected chi connectivity index (χ4v) is 17.8. The van der Waals surface area contributed by atoms with Crippen LogP contribution in [-0.2, 0) is 0 Å². The van der Waals surface area contributed by atoms with E-state index in [1.165, 1.54) is 147 Å². The third kappa shape index (κ3) is 8.35. The molecule has 0 fully saturated rings. The van der Waals surface area contributed by atoms with Gasteiger partial charge in [0.2, 0.25) is 0 Å². The molecule has 0 atom stereocenters. The Morgan fingerprint density at radius 1 is 0.147 bits per heavy atom. The standard InChI is InChI=1S/C100H58O2/c1-3-27-66-59(23-1)25-21-44-71(66)83-51-52-86(99-85-42-18-20-46-92(85)102-100(83)99)94-75-33-9-11-35-77(75)95(78-36-12-10-34-76(78)94)89-56-64-48-47-61(54-87(64)72-30-6-8-32-74(72)89)60-49-50-69-62(53-60)26-22-43-68(69)65-57-90(98-84-41-17-19-45-91(84)101-93(98)58-65)97-81-39-15-13-37-79(81)96(80-38-14-16-40-82(80)97)88-55-63-24-2-4-28-67(63)70-29-5-7-31-73(70)88/h1-58H. The molecule has 2 aromatic heterocycles. The number of hydrogen-bond donors (Lipinski definition) is 0. The fraction of sp³-hybridized carbons (Fsp3) is 0. The molecule has 22 aromatic rings. The monoisotopic (exact) mass is 1290 g/mol. The summed E-state index contributed by atoms with van der Waals surface area (Å²) >= 11 is 0. The van der Waals surface area contributed by atoms with E-state index in [0.717, 1.165) is 82.8 Å². The van der Waals surface area contributed by atoms with Crippen LogP contribution in [0.2, 0.25) is 0 Å². The van der Waals surface area contributed by atoms with Crippen molar-refractivity contribution in [3.8, 4) is 77.9 Å². The second kappa shape index (κ2) is 22.1. The van der Waals surface area contributed by atoms with Gasteiger partial charge in [0.25, 0.3) is 0 Å². The van der Waals surface area contributed by atoms with E-state index in [1.54, 1.807) is 0 Å². The molecule has 22 rings (SSSR count). The highest BCUT2D eigenvalue weighted by atomic mass is 16.3. The molecule has 0 amide bonds. The summed E-state index contributed by atoms with van der Waals surface area (Å²) in [5.41, 5.74) is 20.0. The van der Waals surface area contributed by atoms with E-state index in [2.05, 4.69) is 352 Å². The summed E-state index contributed by atoms with van der Waals surface area (Å²) in [4.78, 5) is 0. The summed E-state index contributed by atoms with van der Waals surface area (Å²) < 4.78 is 14.0. The van der Waals surface area contributed by atoms with Crippen LogP contribution < -0.4 is 0 Å². The maximum absolute atomic E-state index is 7.01. The van der Waals surface area contributed by atoms with Crippen molar-refractivity contribution in [3.05, 3.63) is 352 Å². The zero-order valence-corrected chi connectivity index (χ0v) is 55.3. The molecule has 0 bridgehead atoms. The first-order valence-electron chi connectivity index (χ1n) is 35.3. The minimum Gasteiger partial charge on any atom is -0.456 e. The second-order valence-corrected chi connectivity index (χ2v) is 27.5. The lowest BCUT2D eigenvalue weighted by Crippen LogP contribution is -1.93. The highest BCUT2D eigenvalue weighted by molar-refractivity contribution is 6.32. The number of furan rings is 2. The van der Waals surface area contributed by atoms with Crippen molar-refractivity contribution in [2.24, 2.45) is 0 Å². The molecule has 0 spiro atoms. The third-order valence-corrected chi connectivity index (χ3v) is 22.2. The molecule has 0 unspecified atom stereocenters. The van der Waals surface area contributed by atoms with Gasteiger partial charge in [0.15, 0.2) is 0 Å². The Balaban J connectivity index is 0.686. The van der Waals surface area contributed by atoms with Crippen LogP contribution in [0.4, 0.5) is 0 Å². The van der Waals surface area contributed by atoms with E-state index >= 15 is 0 Å². The largest absolute Gasteiger partial charge is 0.456 e. The van der Waals surface area contributed by atoms with Crippen molar-refractivity contribution in [2.45, 2.75) is 0 Å². The first-order chi connectivity index (χ1) is 50.6. The van der Waals surface area contributed by atoms with Gasteiger partial charge in [0.1, 0.15) is 22.3 Å². The number of benzene rings is 20. The van der Waals surface area contributed by atoms with E-state index in [4.69, 9.17) is 8.83 Å². The lowest BCUT2D eigenvalue weighted by molar-refractivity contribution is 0.669. The highest BCUT2D eigenvalue weighted by Gasteiger charge is 2.27. The predicted molar refractivity (Wildman–Crippen MR) is 434 cm³/mol. The zero-order chi connectivity index (χ0) is 66.7. The van der Waals surface area contributed by atoms with Crippen LogP contribution in [-0.4, -0.2) is 0 Å². The number of fused-ring (bicyclic) bond motifs is 18. The molecule has 0 N–H and O–H groups in total. The van der Waals surface area contributed by atoms with Crippen molar-refractivity contribution in [3.63, 3.8) is 0 Å². The normalized spacial score (nSPS) is 12.1. The molecule has 102 heavy (non-hydrogen) atoms. The van der Waals surface area contributed by atoms with Crippen molar-refractivity contribution >= 4 is 152 Å². The summed E-state index contributed by atoms with van der Waals surface area (Å²) in [5.74, 6) is 0. The first-order valence-corrected chi connectivity index (χ1v) is 35.3. The molecule has 2 heteroatoms. The maximum Gasteiger partial charge on any atom is 0.143 e. The van der Waals surface area contributed by atoms with Gasteiger partial charge in [-0.15, -0.1) is 0 Å². The van der Waals surface area contributed by atoms with Crippen LogP contribution in [0.15, 0.2) is 361 Å². The molecule has 0 saturated heterocycles. The van der Waals surface area contributed by atoms with Gasteiger partial charge in [0.05, 0.1) is 0 Å². The van der Waals surface area contributed by atoms with Crippen LogP contribution >= 0.6 is 0 Å². The van der Waals surface area contributed by atoms with Crippen molar-refractivity contribution in [1.29, 1.82) is 0 Å². The molecule has 0 aliphatic carbocycles. The van der Waals surface area contributed by atoms with Gasteiger partial charge in [-0.25, -0.2) is 0 Å². The number of hydrogen-bond acceptors (Lipinski definition) is 2. The molecule has 0 saturated carbocycles. The summed E-state index contributed by atoms with van der Waals surface area (Å²) in [6.45, 7) is 0. The van der Waals surface area contributed by atoms with Crippen LogP contribution in [0.1, 0.15) is 0 Å². The average Bonchev–Trinajstić information content (AvgIpc) is 1.12. The van der Waals surface area contributed by atoms with Crippen LogP contribution in [0, 0.1) is 0 Å². The smallest absolute Gasteiger partial charge is 0.143 e. The van der Waals surface area contributed by atoms with Gasteiger partial charge in [-0.3, -0.25) is 0 Å². The molecule has 2 nitrogen and oxygen atoms in total. The Hall–Kier alpha value is -13.4. The second-order valence-electron chi connectivity index (χ2n) is 27.5. The van der Waals surface area contributed by atoms with E-state index in [-0.39, 0.29) is 0 Å². The molecule has 20 aromatic carbocycles. The third-order valence-electron chi connectivity index (χ3n) is 22.2. The Bertz CT molecular complexity index is 7260. The van der Waals surface area contributed by atoms with Gasteiger partial charge in [-0.2, -0.15) is 0 Å². The lowest BCUT2D eigenvalue weighted by atomic mass is 9.82. The van der Waals surface area contributed by atoms with Crippen LogP contribution in [0.5, 0.6) is 0 Å². The fourth-order valence-electron chi connectivity index (χ4n) is 17.8. The molecular formula is C100H58O2. The first kappa shape index (κ1) is 56.6. The molecule has 470 valence electrons. The summed E-state index contributed by atoms with van der Waals surface area (Å²) in [6.07, 6.45) is 0. The Morgan fingerprint density at radius 3 is 1.15 bits per heavy atom. The molecule has 0 aliphatic heterocycles. The van der Waals surface area contributed by atoms with Crippen LogP contribution in [0.25, 0.3) is 229 Å². The topological polar surface area (TPSA) is 26.3 Å². The minimum absolute atomic E-state index is 0.865. The average molecular weight is 1290 g/mol. The summed E-state index contributed by atoms with van der Waals surface area (Å²) in [5, 5.41) is 28.7. The van der Waals surface area contributed by atoms with Crippen molar-refractivity contribution in [1.82, 2.24) is 0 Å². The van der Waals surface area contributed by atoms with Gasteiger partial charge < -0.3 is 8.83 Å². The van der Waals surface area contributed by atoms with Gasteiger partial charge in [-0.1, -0.05) is 297 Å². The number of para-hydroxylation sites is 2. The SMILES string of the molecule is c1cc(-c2cc(-c3c4ccccc4c(-c4cc5ccccc5c5ccccc45)c4ccccc34)c3c(c2)oc2ccccc23)c2ccc(-c3ccc4cc(-c5c6ccccc6c(-c6ccc(-c7cccc8ccccc78)c7oc8ccccc8c67)c6ccccc56)c5ccccc5c4c3)cc2c1. The Labute approximate surface area is 586 Å². The zero-order valence-electron chi connectivity index (χ0n) is 55.3. The van der Waals surface area contributed by atoms with Crippen molar-refractivity contribution < 1.29 is 8.83 Å². The number of rotatable bonds is 7. The maximum atomic E-state index is 7.01. The van der Waals surface area contributed by atoms with Gasteiger partial charge >= 0.3 is 0 Å². The minimum atomic E-state index is 0.865. The summed E-state index contributed by atoms with van der Waals surface area (Å²) in [7, 11) is 0. The summed E-state index contributed by atoms with van der Waals surface area (Å²) in [6, 6.07) is 130. The van der Waals surface area contributed by atoms with Crippen molar-refractivity contribution in [2.75, 3.05) is 0 Å². The lowest BCUT2D eigenvalue weighted by Gasteiger charge is -2.20. The predicted octanol–water partition coefficient (Wildman–Crippen LogP) is 28.7. The molecule has 2 heterocycles. The van der Waals surface area contributed by atoms with Gasteiger partial charge in [-0.05, 0) is 235 Å². The molecular weight excluding hydrogens is 1230 g/mol.